The summed E-state index contributed by atoms with van der Waals surface area (Å²) in [4.78, 5) is 28.4. The van der Waals surface area contributed by atoms with E-state index in [4.69, 9.17) is 0 Å². The van der Waals surface area contributed by atoms with E-state index in [-0.39, 0.29) is 24.1 Å². The summed E-state index contributed by atoms with van der Waals surface area (Å²) in [6.07, 6.45) is -2.58. The van der Waals surface area contributed by atoms with Crippen LogP contribution in [0.1, 0.15) is 18.4 Å². The number of nitrogens with zero attached hydrogens (tertiary/aromatic N) is 2. The van der Waals surface area contributed by atoms with Crippen molar-refractivity contribution in [3.63, 3.8) is 0 Å². The van der Waals surface area contributed by atoms with Crippen molar-refractivity contribution in [3.8, 4) is 5.75 Å². The average Bonchev–Trinajstić information content (AvgIpc) is 2.75. The number of piperazine rings is 1. The largest absolute Gasteiger partial charge is 0.573 e. The van der Waals surface area contributed by atoms with E-state index in [2.05, 4.69) is 22.2 Å². The van der Waals surface area contributed by atoms with Crippen molar-refractivity contribution in [2.45, 2.75) is 25.6 Å². The molecule has 6 nitrogen and oxygen atoms in total. The van der Waals surface area contributed by atoms with Gasteiger partial charge in [0.05, 0.1) is 6.54 Å². The van der Waals surface area contributed by atoms with Crippen LogP contribution in [0.3, 0.4) is 0 Å². The lowest BCUT2D eigenvalue weighted by atomic mass is 10.1. The van der Waals surface area contributed by atoms with Gasteiger partial charge < -0.3 is 15.0 Å². The number of carbonyl (C=O) groups is 2. The Bertz CT molecular complexity index is 881. The van der Waals surface area contributed by atoms with Gasteiger partial charge in [-0.25, -0.2) is 0 Å². The Hall–Kier alpha value is -3.07. The first-order valence-corrected chi connectivity index (χ1v) is 10.5. The van der Waals surface area contributed by atoms with Crippen LogP contribution in [0.25, 0.3) is 0 Å². The Kier molecular flexibility index (Phi) is 8.10. The highest BCUT2D eigenvalue weighted by atomic mass is 19.4. The fraction of sp³-hybridized carbons (Fsp3) is 0.391. The molecule has 2 aromatic rings. The van der Waals surface area contributed by atoms with Gasteiger partial charge in [0, 0.05) is 38.3 Å². The Morgan fingerprint density at radius 2 is 1.59 bits per heavy atom. The van der Waals surface area contributed by atoms with Crippen LogP contribution in [0.2, 0.25) is 0 Å². The molecule has 1 aliphatic heterocycles. The topological polar surface area (TPSA) is 61.9 Å². The monoisotopic (exact) mass is 449 g/mol. The van der Waals surface area contributed by atoms with Crippen LogP contribution in [0.5, 0.6) is 5.75 Å². The molecule has 0 aromatic heterocycles. The van der Waals surface area contributed by atoms with Crippen molar-refractivity contribution in [2.75, 3.05) is 38.0 Å². The molecule has 1 saturated heterocycles. The third kappa shape index (κ3) is 7.88. The van der Waals surface area contributed by atoms with E-state index in [9.17, 15) is 22.8 Å². The van der Waals surface area contributed by atoms with Gasteiger partial charge in [-0.05, 0) is 42.7 Å². The molecule has 3 rings (SSSR count). The van der Waals surface area contributed by atoms with Crippen molar-refractivity contribution in [2.24, 2.45) is 0 Å². The SMILES string of the molecule is O=C(CN1CCN(C(=O)CCCc2ccccc2)CC1)Nc1ccc(OC(F)(F)F)cc1. The van der Waals surface area contributed by atoms with E-state index in [1.165, 1.54) is 17.7 Å². The fourth-order valence-corrected chi connectivity index (χ4v) is 3.55. The first-order chi connectivity index (χ1) is 15.3. The number of ether oxygens (including phenoxy) is 1. The van der Waals surface area contributed by atoms with E-state index < -0.39 is 6.36 Å². The van der Waals surface area contributed by atoms with Crippen molar-refractivity contribution in [1.82, 2.24) is 9.80 Å². The summed E-state index contributed by atoms with van der Waals surface area (Å²) in [7, 11) is 0. The van der Waals surface area contributed by atoms with Gasteiger partial charge in [-0.3, -0.25) is 14.5 Å². The van der Waals surface area contributed by atoms with Crippen molar-refractivity contribution >= 4 is 17.5 Å². The zero-order valence-corrected chi connectivity index (χ0v) is 17.6. The van der Waals surface area contributed by atoms with Crippen molar-refractivity contribution in [1.29, 1.82) is 0 Å². The van der Waals surface area contributed by atoms with Crippen LogP contribution in [0, 0.1) is 0 Å². The summed E-state index contributed by atoms with van der Waals surface area (Å²) in [6, 6.07) is 15.1. The predicted molar refractivity (Wildman–Crippen MR) is 114 cm³/mol. The third-order valence-corrected chi connectivity index (χ3v) is 5.16. The second-order valence-electron chi connectivity index (χ2n) is 7.62. The van der Waals surface area contributed by atoms with Crippen LogP contribution < -0.4 is 10.1 Å². The minimum Gasteiger partial charge on any atom is -0.406 e. The summed E-state index contributed by atoms with van der Waals surface area (Å²) in [5, 5.41) is 2.66. The normalized spacial score (nSPS) is 14.8. The van der Waals surface area contributed by atoms with Crippen LogP contribution in [-0.4, -0.2) is 60.7 Å². The number of aryl methyl sites for hydroxylation is 1. The number of carbonyl (C=O) groups excluding carboxylic acids is 2. The van der Waals surface area contributed by atoms with Crippen molar-refractivity contribution < 1.29 is 27.5 Å². The lowest BCUT2D eigenvalue weighted by molar-refractivity contribution is -0.274. The van der Waals surface area contributed by atoms with E-state index in [1.54, 1.807) is 0 Å². The van der Waals surface area contributed by atoms with Gasteiger partial charge >= 0.3 is 6.36 Å². The molecule has 1 heterocycles. The first kappa shape index (κ1) is 23.6. The molecule has 0 spiro atoms. The molecule has 1 N–H and O–H groups in total. The Morgan fingerprint density at radius 1 is 0.938 bits per heavy atom. The molecular formula is C23H26F3N3O3. The lowest BCUT2D eigenvalue weighted by Crippen LogP contribution is -2.50. The molecule has 0 bridgehead atoms. The first-order valence-electron chi connectivity index (χ1n) is 10.5. The summed E-state index contributed by atoms with van der Waals surface area (Å²) >= 11 is 0. The molecule has 1 fully saturated rings. The molecule has 9 heteroatoms. The quantitative estimate of drug-likeness (QED) is 0.668. The summed E-state index contributed by atoms with van der Waals surface area (Å²) in [6.45, 7) is 2.48. The maximum Gasteiger partial charge on any atom is 0.573 e. The fourth-order valence-electron chi connectivity index (χ4n) is 3.55. The van der Waals surface area contributed by atoms with Gasteiger partial charge in [0.15, 0.2) is 0 Å². The summed E-state index contributed by atoms with van der Waals surface area (Å²) < 4.78 is 40.4. The molecule has 2 aromatic carbocycles. The molecule has 32 heavy (non-hydrogen) atoms. The maximum atomic E-state index is 12.4. The highest BCUT2D eigenvalue weighted by molar-refractivity contribution is 5.92. The third-order valence-electron chi connectivity index (χ3n) is 5.16. The number of halogens is 3. The van der Waals surface area contributed by atoms with Gasteiger partial charge in [0.25, 0.3) is 0 Å². The maximum absolute atomic E-state index is 12.4. The average molecular weight is 449 g/mol. The highest BCUT2D eigenvalue weighted by Crippen LogP contribution is 2.24. The summed E-state index contributed by atoms with van der Waals surface area (Å²) in [5.74, 6) is -0.483. The Morgan fingerprint density at radius 3 is 2.22 bits per heavy atom. The Balaban J connectivity index is 1.35. The Labute approximate surface area is 184 Å². The number of nitrogens with one attached hydrogen (secondary N) is 1. The minimum atomic E-state index is -4.75. The second kappa shape index (κ2) is 11.0. The molecule has 0 saturated carbocycles. The van der Waals surface area contributed by atoms with Crippen LogP contribution in [-0.2, 0) is 16.0 Å². The molecule has 0 atom stereocenters. The zero-order valence-electron chi connectivity index (χ0n) is 17.6. The van der Waals surface area contributed by atoms with Gasteiger partial charge in [-0.2, -0.15) is 0 Å². The number of alkyl halides is 3. The highest BCUT2D eigenvalue weighted by Gasteiger charge is 2.31. The molecule has 1 aliphatic rings. The number of hydrogen-bond acceptors (Lipinski definition) is 4. The van der Waals surface area contributed by atoms with E-state index in [0.717, 1.165) is 25.0 Å². The van der Waals surface area contributed by atoms with Gasteiger partial charge in [0.2, 0.25) is 11.8 Å². The minimum absolute atomic E-state index is 0.131. The van der Waals surface area contributed by atoms with Crippen LogP contribution in [0.4, 0.5) is 18.9 Å². The van der Waals surface area contributed by atoms with Crippen LogP contribution in [0.15, 0.2) is 54.6 Å². The molecule has 172 valence electrons. The summed E-state index contributed by atoms with van der Waals surface area (Å²) in [5.41, 5.74) is 1.61. The number of hydrogen-bond donors (Lipinski definition) is 1. The van der Waals surface area contributed by atoms with Gasteiger partial charge in [-0.15, -0.1) is 13.2 Å². The van der Waals surface area contributed by atoms with E-state index in [1.807, 2.05) is 28.0 Å². The van der Waals surface area contributed by atoms with Crippen LogP contribution >= 0.6 is 0 Å². The number of rotatable bonds is 8. The number of anilines is 1. The standard InChI is InChI=1S/C23H26F3N3O3/c24-23(25,26)32-20-11-9-19(10-12-20)27-21(30)17-28-13-15-29(16-14-28)22(31)8-4-7-18-5-2-1-3-6-18/h1-3,5-6,9-12H,4,7-8,13-17H2,(H,27,30). The molecular weight excluding hydrogens is 423 g/mol. The molecule has 0 radical (unpaired) electrons. The zero-order chi connectivity index (χ0) is 23.0. The van der Waals surface area contributed by atoms with Gasteiger partial charge in [-0.1, -0.05) is 30.3 Å². The molecule has 0 aliphatic carbocycles. The predicted octanol–water partition coefficient (Wildman–Crippen LogP) is 3.69. The van der Waals surface area contributed by atoms with E-state index >= 15 is 0 Å². The number of benzene rings is 2. The molecule has 0 unspecified atom stereocenters. The van der Waals surface area contributed by atoms with Crippen molar-refractivity contribution in [3.05, 3.63) is 60.2 Å². The number of amides is 2. The lowest BCUT2D eigenvalue weighted by Gasteiger charge is -2.34. The molecule has 2 amide bonds. The second-order valence-corrected chi connectivity index (χ2v) is 7.62. The van der Waals surface area contributed by atoms with Gasteiger partial charge in [0.1, 0.15) is 5.75 Å². The van der Waals surface area contributed by atoms with E-state index in [0.29, 0.717) is 38.3 Å². The smallest absolute Gasteiger partial charge is 0.406 e.